The van der Waals surface area contributed by atoms with Crippen LogP contribution in [0.25, 0.3) is 5.76 Å². The molecule has 0 spiro atoms. The molecule has 1 fully saturated rings. The smallest absolute Gasteiger partial charge is 0.350 e. The number of aromatic nitrogens is 1. The second-order valence-electron chi connectivity index (χ2n) is 8.40. The van der Waals surface area contributed by atoms with Crippen LogP contribution in [0.4, 0.5) is 9.52 Å². The van der Waals surface area contributed by atoms with Gasteiger partial charge in [-0.25, -0.2) is 14.2 Å². The summed E-state index contributed by atoms with van der Waals surface area (Å²) in [4.78, 5) is 44.4. The van der Waals surface area contributed by atoms with Gasteiger partial charge in [0.05, 0.1) is 24.4 Å². The zero-order valence-corrected chi connectivity index (χ0v) is 20.4. The molecule has 0 aliphatic carbocycles. The fourth-order valence-electron chi connectivity index (χ4n) is 3.94. The van der Waals surface area contributed by atoms with Crippen molar-refractivity contribution in [3.63, 3.8) is 0 Å². The van der Waals surface area contributed by atoms with Crippen LogP contribution in [0.15, 0.2) is 54.1 Å². The number of carbonyl (C=O) groups excluding carboxylic acids is 3. The van der Waals surface area contributed by atoms with Crippen molar-refractivity contribution in [2.45, 2.75) is 32.7 Å². The number of aliphatic hydroxyl groups excluding tert-OH is 1. The van der Waals surface area contributed by atoms with Gasteiger partial charge in [-0.05, 0) is 48.2 Å². The van der Waals surface area contributed by atoms with Crippen LogP contribution >= 0.6 is 11.3 Å². The van der Waals surface area contributed by atoms with Crippen molar-refractivity contribution in [3.05, 3.63) is 87.2 Å². The van der Waals surface area contributed by atoms with Crippen LogP contribution in [0.3, 0.4) is 0 Å². The number of nitrogens with zero attached hydrogens (tertiary/aromatic N) is 2. The molecule has 9 heteroatoms. The van der Waals surface area contributed by atoms with Crippen molar-refractivity contribution in [1.29, 1.82) is 0 Å². The first-order valence-corrected chi connectivity index (χ1v) is 11.7. The molecule has 1 amide bonds. The molecule has 1 aliphatic heterocycles. The lowest BCUT2D eigenvalue weighted by molar-refractivity contribution is -0.132. The van der Waals surface area contributed by atoms with E-state index in [4.69, 9.17) is 4.74 Å². The van der Waals surface area contributed by atoms with Crippen LogP contribution in [0.5, 0.6) is 0 Å². The molecule has 0 unspecified atom stereocenters. The maximum Gasteiger partial charge on any atom is 0.350 e. The van der Waals surface area contributed by atoms with E-state index < -0.39 is 35.3 Å². The van der Waals surface area contributed by atoms with Crippen molar-refractivity contribution in [2.24, 2.45) is 0 Å². The van der Waals surface area contributed by atoms with Gasteiger partial charge in [-0.3, -0.25) is 14.5 Å². The van der Waals surface area contributed by atoms with Crippen molar-refractivity contribution in [1.82, 2.24) is 4.98 Å². The Hall–Kier alpha value is -3.85. The minimum absolute atomic E-state index is 0.126. The molecule has 1 aliphatic rings. The summed E-state index contributed by atoms with van der Waals surface area (Å²) < 4.78 is 18.3. The highest BCUT2D eigenvalue weighted by Crippen LogP contribution is 2.44. The number of amides is 1. The summed E-state index contributed by atoms with van der Waals surface area (Å²) >= 11 is 0.927. The third kappa shape index (κ3) is 4.35. The summed E-state index contributed by atoms with van der Waals surface area (Å²) in [5, 5.41) is 11.2. The van der Waals surface area contributed by atoms with Crippen LogP contribution in [-0.4, -0.2) is 34.9 Å². The number of thiazole rings is 1. The van der Waals surface area contributed by atoms with E-state index in [1.807, 2.05) is 26.0 Å². The topological polar surface area (TPSA) is 96.8 Å². The number of esters is 1. The summed E-state index contributed by atoms with van der Waals surface area (Å²) in [6.07, 6.45) is 0. The number of Topliss-reactive ketones (excluding diaryl/α,β-unsaturated/α-hetero) is 1. The van der Waals surface area contributed by atoms with Gasteiger partial charge in [-0.15, -0.1) is 0 Å². The quantitative estimate of drug-likeness (QED) is 0.229. The number of ether oxygens (including phenoxy) is 1. The molecule has 1 N–H and O–H groups in total. The second kappa shape index (κ2) is 9.42. The average Bonchev–Trinajstić information content (AvgIpc) is 3.35. The number of aliphatic hydroxyl groups is 1. The molecular weight excluding hydrogens is 471 g/mol. The molecule has 1 saturated heterocycles. The Kier molecular flexibility index (Phi) is 6.53. The zero-order valence-electron chi connectivity index (χ0n) is 19.5. The summed E-state index contributed by atoms with van der Waals surface area (Å²) in [5.74, 6) is -3.07. The molecule has 2 aromatic carbocycles. The predicted molar refractivity (Wildman–Crippen MR) is 130 cm³/mol. The van der Waals surface area contributed by atoms with E-state index in [2.05, 4.69) is 4.98 Å². The number of carbonyl (C=O) groups is 3. The molecule has 3 aromatic rings. The number of rotatable bonds is 5. The van der Waals surface area contributed by atoms with E-state index in [1.165, 1.54) is 24.1 Å². The van der Waals surface area contributed by atoms with E-state index in [9.17, 15) is 23.9 Å². The van der Waals surface area contributed by atoms with Gasteiger partial charge in [0.1, 0.15) is 16.5 Å². The van der Waals surface area contributed by atoms with Crippen molar-refractivity contribution < 1.29 is 28.6 Å². The molecule has 1 aromatic heterocycles. The maximum absolute atomic E-state index is 13.5. The van der Waals surface area contributed by atoms with E-state index in [0.717, 1.165) is 29.0 Å². The van der Waals surface area contributed by atoms with Gasteiger partial charge in [-0.1, -0.05) is 49.4 Å². The van der Waals surface area contributed by atoms with Gasteiger partial charge in [0.2, 0.25) is 0 Å². The molecule has 0 saturated carbocycles. The monoisotopic (exact) mass is 494 g/mol. The van der Waals surface area contributed by atoms with E-state index in [1.54, 1.807) is 19.1 Å². The number of aryl methyl sites for hydroxylation is 1. The Morgan fingerprint density at radius 2 is 1.74 bits per heavy atom. The highest BCUT2D eigenvalue weighted by molar-refractivity contribution is 7.17. The molecule has 180 valence electrons. The third-order valence-electron chi connectivity index (χ3n) is 5.84. The van der Waals surface area contributed by atoms with Gasteiger partial charge < -0.3 is 9.84 Å². The van der Waals surface area contributed by atoms with E-state index in [-0.39, 0.29) is 27.1 Å². The molecule has 0 bridgehead atoms. The number of benzene rings is 2. The Morgan fingerprint density at radius 1 is 1.11 bits per heavy atom. The first-order valence-electron chi connectivity index (χ1n) is 10.9. The SMILES string of the molecule is COC(=O)c1sc(N2C(=O)C(=O)C(=C(O)c3ccc(F)cc3)[C@H]2c2ccc(C(C)C)cc2)nc1C. The molecule has 4 rings (SSSR count). The normalized spacial score (nSPS) is 17.3. The van der Waals surface area contributed by atoms with Gasteiger partial charge >= 0.3 is 11.9 Å². The minimum atomic E-state index is -1.00. The summed E-state index contributed by atoms with van der Waals surface area (Å²) in [6.45, 7) is 5.69. The fourth-order valence-corrected chi connectivity index (χ4v) is 4.95. The Labute approximate surface area is 205 Å². The Morgan fingerprint density at radius 3 is 2.31 bits per heavy atom. The standard InChI is InChI=1S/C26H23FN2O5S/c1-13(2)15-5-7-16(8-6-15)20-19(21(30)17-9-11-18(27)12-10-17)22(31)24(32)29(20)26-28-14(3)23(35-26)25(33)34-4/h5-13,20,30H,1-4H3/t20-/m1/s1. The largest absolute Gasteiger partial charge is 0.507 e. The number of hydrogen-bond donors (Lipinski definition) is 1. The van der Waals surface area contributed by atoms with Gasteiger partial charge in [0.15, 0.2) is 5.13 Å². The first kappa shape index (κ1) is 24.3. The van der Waals surface area contributed by atoms with Crippen LogP contribution in [-0.2, 0) is 14.3 Å². The van der Waals surface area contributed by atoms with Crippen LogP contribution in [0, 0.1) is 12.7 Å². The summed E-state index contributed by atoms with van der Waals surface area (Å²) in [7, 11) is 1.24. The zero-order chi connectivity index (χ0) is 25.4. The van der Waals surface area contributed by atoms with Gasteiger partial charge in [0.25, 0.3) is 5.78 Å². The number of ketones is 1. The lowest BCUT2D eigenvalue weighted by atomic mass is 9.93. The number of methoxy groups -OCH3 is 1. The molecule has 2 heterocycles. The fraction of sp³-hybridized carbons (Fsp3) is 0.231. The Balaban J connectivity index is 1.92. The number of anilines is 1. The maximum atomic E-state index is 13.5. The van der Waals surface area contributed by atoms with E-state index >= 15 is 0 Å². The highest BCUT2D eigenvalue weighted by atomic mass is 32.1. The summed E-state index contributed by atoms with van der Waals surface area (Å²) in [5.41, 5.74) is 2.03. The van der Waals surface area contributed by atoms with Gasteiger partial charge in [-0.2, -0.15) is 0 Å². The first-order chi connectivity index (χ1) is 16.6. The second-order valence-corrected chi connectivity index (χ2v) is 9.38. The minimum Gasteiger partial charge on any atom is -0.507 e. The number of halogens is 1. The van der Waals surface area contributed by atoms with E-state index in [0.29, 0.717) is 11.3 Å². The van der Waals surface area contributed by atoms with Crippen LogP contribution in [0.2, 0.25) is 0 Å². The van der Waals surface area contributed by atoms with Crippen molar-refractivity contribution in [3.8, 4) is 0 Å². The molecule has 7 nitrogen and oxygen atoms in total. The third-order valence-corrected chi connectivity index (χ3v) is 6.98. The van der Waals surface area contributed by atoms with Crippen LogP contribution < -0.4 is 4.90 Å². The molecule has 1 atom stereocenters. The lowest BCUT2D eigenvalue weighted by Crippen LogP contribution is -2.29. The lowest BCUT2D eigenvalue weighted by Gasteiger charge is -2.23. The van der Waals surface area contributed by atoms with Crippen molar-refractivity contribution >= 4 is 39.9 Å². The number of hydrogen-bond acceptors (Lipinski definition) is 7. The molecular formula is C26H23FN2O5S. The summed E-state index contributed by atoms with van der Waals surface area (Å²) in [6, 6.07) is 11.3. The van der Waals surface area contributed by atoms with Crippen LogP contribution in [0.1, 0.15) is 57.9 Å². The predicted octanol–water partition coefficient (Wildman–Crippen LogP) is 5.13. The van der Waals surface area contributed by atoms with Crippen molar-refractivity contribution in [2.75, 3.05) is 12.0 Å². The van der Waals surface area contributed by atoms with Gasteiger partial charge in [0, 0.05) is 5.56 Å². The average molecular weight is 495 g/mol. The Bertz CT molecular complexity index is 1340. The molecule has 0 radical (unpaired) electrons. The highest BCUT2D eigenvalue weighted by Gasteiger charge is 2.48. The molecule has 35 heavy (non-hydrogen) atoms.